The Kier molecular flexibility index (Phi) is 8.50. The number of amides is 1. The molecule has 0 spiro atoms. The third-order valence-corrected chi connectivity index (χ3v) is 5.32. The SMILES string of the molecule is CC1CN1c1ccc2cc(/C(=C(\C#N)C(=O)NCCOCCOCCO)C(F)(F)F)ccc2c1. The smallest absolute Gasteiger partial charge is 0.394 e. The van der Waals surface area contributed by atoms with E-state index in [2.05, 4.69) is 17.1 Å². The maximum absolute atomic E-state index is 14.0. The number of hydrogen-bond donors (Lipinski definition) is 2. The van der Waals surface area contributed by atoms with Crippen LogP contribution in [0.1, 0.15) is 12.5 Å². The highest BCUT2D eigenvalue weighted by Gasteiger charge is 2.39. The lowest BCUT2D eigenvalue weighted by Gasteiger charge is -2.16. The van der Waals surface area contributed by atoms with E-state index in [1.165, 1.54) is 18.2 Å². The van der Waals surface area contributed by atoms with E-state index < -0.39 is 23.2 Å². The number of aliphatic hydroxyl groups is 1. The molecule has 2 aromatic carbocycles. The van der Waals surface area contributed by atoms with E-state index in [4.69, 9.17) is 14.6 Å². The van der Waals surface area contributed by atoms with E-state index in [0.29, 0.717) is 11.4 Å². The Balaban J connectivity index is 1.76. The van der Waals surface area contributed by atoms with Crippen LogP contribution in [-0.2, 0) is 14.3 Å². The van der Waals surface area contributed by atoms with Gasteiger partial charge in [-0.3, -0.25) is 4.79 Å². The minimum atomic E-state index is -4.91. The van der Waals surface area contributed by atoms with Crippen LogP contribution in [0.5, 0.6) is 0 Å². The molecule has 1 fully saturated rings. The van der Waals surface area contributed by atoms with Gasteiger partial charge in [-0.15, -0.1) is 0 Å². The van der Waals surface area contributed by atoms with E-state index in [-0.39, 0.29) is 45.1 Å². The van der Waals surface area contributed by atoms with Crippen LogP contribution in [-0.4, -0.2) is 69.4 Å². The molecule has 0 saturated carbocycles. The van der Waals surface area contributed by atoms with E-state index in [1.54, 1.807) is 12.1 Å². The molecule has 1 amide bonds. The number of rotatable bonds is 11. The summed E-state index contributed by atoms with van der Waals surface area (Å²) in [5.41, 5.74) is -1.54. The Morgan fingerprint density at radius 1 is 1.15 bits per heavy atom. The molecule has 34 heavy (non-hydrogen) atoms. The van der Waals surface area contributed by atoms with Crippen molar-refractivity contribution in [3.63, 3.8) is 0 Å². The maximum atomic E-state index is 14.0. The number of allylic oxidation sites excluding steroid dienone is 1. The monoisotopic (exact) mass is 477 g/mol. The molecule has 0 radical (unpaired) electrons. The van der Waals surface area contributed by atoms with E-state index >= 15 is 0 Å². The first-order chi connectivity index (χ1) is 16.3. The number of nitrogens with zero attached hydrogens (tertiary/aromatic N) is 2. The zero-order chi connectivity index (χ0) is 24.7. The summed E-state index contributed by atoms with van der Waals surface area (Å²) in [6.45, 7) is 3.46. The van der Waals surface area contributed by atoms with Crippen LogP contribution >= 0.6 is 0 Å². The zero-order valence-corrected chi connectivity index (χ0v) is 18.7. The van der Waals surface area contributed by atoms with Gasteiger partial charge < -0.3 is 24.8 Å². The fourth-order valence-corrected chi connectivity index (χ4v) is 3.55. The van der Waals surface area contributed by atoms with Crippen LogP contribution in [0.25, 0.3) is 16.3 Å². The fourth-order valence-electron chi connectivity index (χ4n) is 3.55. The molecule has 0 aromatic heterocycles. The lowest BCUT2D eigenvalue weighted by molar-refractivity contribution is -0.117. The minimum absolute atomic E-state index is 0.0300. The van der Waals surface area contributed by atoms with Gasteiger partial charge in [0.05, 0.1) is 38.6 Å². The second-order valence-electron chi connectivity index (χ2n) is 7.81. The highest BCUT2D eigenvalue weighted by molar-refractivity contribution is 6.06. The highest BCUT2D eigenvalue weighted by atomic mass is 19.4. The number of alkyl halides is 3. The number of halogens is 3. The van der Waals surface area contributed by atoms with Gasteiger partial charge in [-0.1, -0.05) is 18.2 Å². The quantitative estimate of drug-likeness (QED) is 0.224. The number of nitriles is 1. The van der Waals surface area contributed by atoms with Gasteiger partial charge in [-0.05, 0) is 41.5 Å². The molecular formula is C24H26F3N3O4. The molecule has 0 aliphatic carbocycles. The number of benzene rings is 2. The molecule has 1 saturated heterocycles. The first kappa shape index (κ1) is 25.5. The standard InChI is InChI=1S/C24H26F3N3O4/c1-16-15-30(16)20-5-4-17-12-19(3-2-18(17)13-20)22(24(25,26)27)21(14-28)23(32)29-6-8-33-10-11-34-9-7-31/h2-5,12-13,16,31H,6-11,15H2,1H3,(H,29,32)/b22-21-. The zero-order valence-electron chi connectivity index (χ0n) is 18.7. The first-order valence-corrected chi connectivity index (χ1v) is 10.8. The van der Waals surface area contributed by atoms with Crippen molar-refractivity contribution in [3.8, 4) is 6.07 Å². The predicted molar refractivity (Wildman–Crippen MR) is 121 cm³/mol. The molecule has 1 unspecified atom stereocenters. The lowest BCUT2D eigenvalue weighted by atomic mass is 9.96. The second kappa shape index (κ2) is 11.3. The number of hydrogen-bond acceptors (Lipinski definition) is 6. The summed E-state index contributed by atoms with van der Waals surface area (Å²) in [4.78, 5) is 14.6. The molecule has 1 atom stereocenters. The van der Waals surface area contributed by atoms with Crippen LogP contribution in [0.15, 0.2) is 42.0 Å². The average molecular weight is 477 g/mol. The molecule has 0 bridgehead atoms. The van der Waals surface area contributed by atoms with Crippen LogP contribution in [0, 0.1) is 11.3 Å². The number of aliphatic hydroxyl groups excluding tert-OH is 1. The van der Waals surface area contributed by atoms with Gasteiger partial charge in [0.2, 0.25) is 0 Å². The predicted octanol–water partition coefficient (Wildman–Crippen LogP) is 3.03. The summed E-state index contributed by atoms with van der Waals surface area (Å²) in [6, 6.07) is 11.5. The molecule has 3 rings (SSSR count). The average Bonchev–Trinajstić information content (AvgIpc) is 3.54. The van der Waals surface area contributed by atoms with Crippen molar-refractivity contribution in [2.45, 2.75) is 19.1 Å². The number of carbonyl (C=O) groups excluding carboxylic acids is 1. The normalized spacial score (nSPS) is 16.2. The minimum Gasteiger partial charge on any atom is -0.394 e. The van der Waals surface area contributed by atoms with Crippen molar-refractivity contribution in [2.24, 2.45) is 0 Å². The molecule has 1 aliphatic rings. The van der Waals surface area contributed by atoms with E-state index in [1.807, 2.05) is 12.1 Å². The third-order valence-electron chi connectivity index (χ3n) is 5.32. The number of ether oxygens (including phenoxy) is 2. The van der Waals surface area contributed by atoms with Gasteiger partial charge in [0.15, 0.2) is 0 Å². The fraction of sp³-hybridized carbons (Fsp3) is 0.417. The largest absolute Gasteiger partial charge is 0.418 e. The molecule has 7 nitrogen and oxygen atoms in total. The molecule has 10 heteroatoms. The van der Waals surface area contributed by atoms with Gasteiger partial charge in [0, 0.05) is 24.8 Å². The van der Waals surface area contributed by atoms with Crippen molar-refractivity contribution >= 4 is 27.9 Å². The summed E-state index contributed by atoms with van der Waals surface area (Å²) in [5.74, 6) is -1.12. The Morgan fingerprint density at radius 3 is 2.41 bits per heavy atom. The Hall–Kier alpha value is -3.13. The molecule has 2 N–H and O–H groups in total. The van der Waals surface area contributed by atoms with Gasteiger partial charge in [-0.2, -0.15) is 18.4 Å². The van der Waals surface area contributed by atoms with E-state index in [9.17, 15) is 23.2 Å². The first-order valence-electron chi connectivity index (χ1n) is 10.8. The van der Waals surface area contributed by atoms with Crippen LogP contribution in [0.2, 0.25) is 0 Å². The van der Waals surface area contributed by atoms with Crippen molar-refractivity contribution in [2.75, 3.05) is 51.0 Å². The van der Waals surface area contributed by atoms with Gasteiger partial charge >= 0.3 is 6.18 Å². The van der Waals surface area contributed by atoms with E-state index in [0.717, 1.165) is 17.6 Å². The Labute approximate surface area is 195 Å². The summed E-state index contributed by atoms with van der Waals surface area (Å²) in [7, 11) is 0. The van der Waals surface area contributed by atoms with Crippen LogP contribution in [0.4, 0.5) is 18.9 Å². The molecule has 1 heterocycles. The Morgan fingerprint density at radius 2 is 1.79 bits per heavy atom. The number of anilines is 1. The van der Waals surface area contributed by atoms with Crippen molar-refractivity contribution in [1.29, 1.82) is 5.26 Å². The highest BCUT2D eigenvalue weighted by Crippen LogP contribution is 2.38. The van der Waals surface area contributed by atoms with Crippen LogP contribution < -0.4 is 10.2 Å². The summed E-state index contributed by atoms with van der Waals surface area (Å²) in [6.07, 6.45) is -4.91. The molecule has 1 aliphatic heterocycles. The molecular weight excluding hydrogens is 451 g/mol. The second-order valence-corrected chi connectivity index (χ2v) is 7.81. The lowest BCUT2D eigenvalue weighted by Crippen LogP contribution is -2.30. The maximum Gasteiger partial charge on any atom is 0.418 e. The number of fused-ring (bicyclic) bond motifs is 1. The topological polar surface area (TPSA) is 94.6 Å². The van der Waals surface area contributed by atoms with Crippen molar-refractivity contribution in [3.05, 3.63) is 47.5 Å². The van der Waals surface area contributed by atoms with Gasteiger partial charge in [0.1, 0.15) is 11.6 Å². The van der Waals surface area contributed by atoms with Crippen molar-refractivity contribution in [1.82, 2.24) is 5.32 Å². The number of carbonyl (C=O) groups is 1. The van der Waals surface area contributed by atoms with Crippen LogP contribution in [0.3, 0.4) is 0 Å². The number of nitrogens with one attached hydrogen (secondary N) is 1. The third kappa shape index (κ3) is 6.47. The Bertz CT molecular complexity index is 1100. The summed E-state index contributed by atoms with van der Waals surface area (Å²) < 4.78 is 52.1. The molecule has 182 valence electrons. The van der Waals surface area contributed by atoms with Crippen molar-refractivity contribution < 1.29 is 32.5 Å². The molecule has 2 aromatic rings. The van der Waals surface area contributed by atoms with Gasteiger partial charge in [-0.25, -0.2) is 0 Å². The summed E-state index contributed by atoms with van der Waals surface area (Å²) in [5, 5.41) is 21.7. The van der Waals surface area contributed by atoms with Gasteiger partial charge in [0.25, 0.3) is 5.91 Å². The summed E-state index contributed by atoms with van der Waals surface area (Å²) >= 11 is 0.